The van der Waals surface area contributed by atoms with Crippen LogP contribution in [0.1, 0.15) is 53.4 Å². The van der Waals surface area contributed by atoms with E-state index in [1.165, 1.54) is 19.3 Å². The Hall–Kier alpha value is -0.0900. The molecule has 8 heteroatoms. The van der Waals surface area contributed by atoms with Crippen LogP contribution in [-0.4, -0.2) is 45.8 Å². The van der Waals surface area contributed by atoms with Crippen LogP contribution in [0.3, 0.4) is 0 Å². The number of nitrogens with one attached hydrogen (secondary N) is 3. The average molecular weight is 448 g/mol. The maximum Gasteiger partial charge on any atom is 0.209 e. The molecule has 0 unspecified atom stereocenters. The smallest absolute Gasteiger partial charge is 0.209 e. The fourth-order valence-corrected chi connectivity index (χ4v) is 2.98. The van der Waals surface area contributed by atoms with Gasteiger partial charge in [0.1, 0.15) is 0 Å². The van der Waals surface area contributed by atoms with Crippen LogP contribution in [0, 0.1) is 0 Å². The van der Waals surface area contributed by atoms with Crippen LogP contribution >= 0.6 is 24.0 Å². The first-order valence-corrected chi connectivity index (χ1v) is 9.60. The lowest BCUT2D eigenvalue weighted by Crippen LogP contribution is -2.46. The Kier molecular flexibility index (Phi) is 13.6. The van der Waals surface area contributed by atoms with E-state index in [4.69, 9.17) is 0 Å². The first-order chi connectivity index (χ1) is 9.70. The number of halogens is 1. The number of sulfonamides is 1. The van der Waals surface area contributed by atoms with Gasteiger partial charge in [-0.25, -0.2) is 13.1 Å². The molecule has 0 aromatic rings. The summed E-state index contributed by atoms with van der Waals surface area (Å²) in [5.41, 5.74) is -0.599. The molecule has 0 saturated carbocycles. The minimum absolute atomic E-state index is 0. The molecule has 3 N–H and O–H groups in total. The molecular formula is C14H33IN4O2S. The van der Waals surface area contributed by atoms with Crippen molar-refractivity contribution < 1.29 is 8.42 Å². The largest absolute Gasteiger partial charge is 0.357 e. The molecule has 0 aromatic carbocycles. The van der Waals surface area contributed by atoms with E-state index < -0.39 is 15.6 Å². The van der Waals surface area contributed by atoms with Gasteiger partial charge in [-0.2, -0.15) is 0 Å². The van der Waals surface area contributed by atoms with Crippen molar-refractivity contribution in [1.82, 2.24) is 15.4 Å². The number of guanidine groups is 1. The molecule has 0 rings (SSSR count). The minimum Gasteiger partial charge on any atom is -0.357 e. The molecule has 0 fully saturated rings. The second kappa shape index (κ2) is 12.3. The van der Waals surface area contributed by atoms with Crippen LogP contribution < -0.4 is 15.4 Å². The molecular weight excluding hydrogens is 415 g/mol. The third kappa shape index (κ3) is 14.8. The Morgan fingerprint density at radius 3 is 2.23 bits per heavy atom. The van der Waals surface area contributed by atoms with Crippen molar-refractivity contribution >= 4 is 40.0 Å². The highest BCUT2D eigenvalue weighted by molar-refractivity contribution is 14.0. The van der Waals surface area contributed by atoms with Crippen molar-refractivity contribution in [3.05, 3.63) is 0 Å². The number of rotatable bonds is 10. The number of aliphatic imine (C=N–C) groups is 1. The Balaban J connectivity index is 0. The Morgan fingerprint density at radius 2 is 1.73 bits per heavy atom. The highest BCUT2D eigenvalue weighted by Crippen LogP contribution is 2.04. The Morgan fingerprint density at radius 1 is 1.09 bits per heavy atom. The molecule has 22 heavy (non-hydrogen) atoms. The van der Waals surface area contributed by atoms with Crippen molar-refractivity contribution in [2.45, 2.75) is 58.9 Å². The van der Waals surface area contributed by atoms with E-state index in [9.17, 15) is 8.42 Å². The van der Waals surface area contributed by atoms with E-state index in [1.54, 1.807) is 0 Å². The predicted octanol–water partition coefficient (Wildman–Crippen LogP) is 2.07. The molecule has 0 amide bonds. The van der Waals surface area contributed by atoms with Crippen molar-refractivity contribution in [1.29, 1.82) is 0 Å². The van der Waals surface area contributed by atoms with Gasteiger partial charge in [-0.05, 0) is 27.2 Å². The van der Waals surface area contributed by atoms with Crippen molar-refractivity contribution in [2.75, 3.05) is 25.9 Å². The molecule has 0 heterocycles. The van der Waals surface area contributed by atoms with Gasteiger partial charge in [0, 0.05) is 18.6 Å². The summed E-state index contributed by atoms with van der Waals surface area (Å²) in [6.07, 6.45) is 5.96. The monoisotopic (exact) mass is 448 g/mol. The highest BCUT2D eigenvalue weighted by atomic mass is 127. The van der Waals surface area contributed by atoms with E-state index in [2.05, 4.69) is 27.3 Å². The predicted molar refractivity (Wildman–Crippen MR) is 106 cm³/mol. The number of nitrogens with zero attached hydrogens (tertiary/aromatic N) is 1. The molecule has 0 atom stereocenters. The zero-order chi connectivity index (χ0) is 16.4. The normalized spacial score (nSPS) is 12.7. The van der Waals surface area contributed by atoms with Gasteiger partial charge in [-0.15, -0.1) is 24.0 Å². The summed E-state index contributed by atoms with van der Waals surface area (Å²) in [5.74, 6) is 0.734. The van der Waals surface area contributed by atoms with Crippen LogP contribution in [-0.2, 0) is 10.0 Å². The summed E-state index contributed by atoms with van der Waals surface area (Å²) in [7, 11) is -3.23. The summed E-state index contributed by atoms with van der Waals surface area (Å²) < 4.78 is 25.2. The Bertz CT molecular complexity index is 411. The molecule has 0 aliphatic carbocycles. The Labute approximate surface area is 153 Å². The summed E-state index contributed by atoms with van der Waals surface area (Å²) in [4.78, 5) is 4.45. The van der Waals surface area contributed by atoms with Gasteiger partial charge >= 0.3 is 0 Å². The second-order valence-corrected chi connectivity index (χ2v) is 7.69. The van der Waals surface area contributed by atoms with E-state index in [1.807, 2.05) is 20.8 Å². The first-order valence-electron chi connectivity index (χ1n) is 7.71. The lowest BCUT2D eigenvalue weighted by Gasteiger charge is -2.23. The van der Waals surface area contributed by atoms with Crippen molar-refractivity contribution in [3.8, 4) is 0 Å². The number of unbranched alkanes of at least 4 members (excludes halogenated alkanes) is 3. The van der Waals surface area contributed by atoms with E-state index in [0.29, 0.717) is 6.54 Å². The molecule has 134 valence electrons. The van der Waals surface area contributed by atoms with Gasteiger partial charge in [0.25, 0.3) is 0 Å². The molecule has 0 spiro atoms. The lowest BCUT2D eigenvalue weighted by atomic mass is 10.1. The van der Waals surface area contributed by atoms with E-state index in [-0.39, 0.29) is 24.0 Å². The minimum atomic E-state index is -3.23. The van der Waals surface area contributed by atoms with Gasteiger partial charge in [-0.3, -0.25) is 4.99 Å². The van der Waals surface area contributed by atoms with Gasteiger partial charge in [-0.1, -0.05) is 26.2 Å². The molecule has 0 aromatic heterocycles. The molecule has 0 bridgehead atoms. The standard InChI is InChI=1S/C14H32N4O2S.HI/c1-6-8-9-10-11-16-13(15-7-2)17-12-14(3,4)18-21(5,19)20;/h18H,6-12H2,1-5H3,(H2,15,16,17);1H. The summed E-state index contributed by atoms with van der Waals surface area (Å²) in [5, 5.41) is 6.45. The van der Waals surface area contributed by atoms with E-state index >= 15 is 0 Å². The molecule has 0 saturated heterocycles. The fourth-order valence-electron chi connectivity index (χ4n) is 1.91. The summed E-state index contributed by atoms with van der Waals surface area (Å²) in [6, 6.07) is 0. The zero-order valence-corrected chi connectivity index (χ0v) is 17.7. The molecule has 0 aliphatic rings. The highest BCUT2D eigenvalue weighted by Gasteiger charge is 2.21. The second-order valence-electron chi connectivity index (χ2n) is 5.94. The first kappa shape index (κ1) is 24.2. The molecule has 6 nitrogen and oxygen atoms in total. The summed E-state index contributed by atoms with van der Waals surface area (Å²) in [6.45, 7) is 9.88. The summed E-state index contributed by atoms with van der Waals surface area (Å²) >= 11 is 0. The molecule has 0 radical (unpaired) electrons. The van der Waals surface area contributed by atoms with Gasteiger partial charge in [0.15, 0.2) is 5.96 Å². The maximum absolute atomic E-state index is 11.3. The van der Waals surface area contributed by atoms with Crippen LogP contribution in [0.4, 0.5) is 0 Å². The van der Waals surface area contributed by atoms with E-state index in [0.717, 1.165) is 31.7 Å². The van der Waals surface area contributed by atoms with Crippen LogP contribution in [0.5, 0.6) is 0 Å². The van der Waals surface area contributed by atoms with Crippen LogP contribution in [0.2, 0.25) is 0 Å². The topological polar surface area (TPSA) is 82.6 Å². The fraction of sp³-hybridized carbons (Fsp3) is 0.929. The maximum atomic E-state index is 11.3. The number of hydrogen-bond donors (Lipinski definition) is 3. The third-order valence-electron chi connectivity index (χ3n) is 2.76. The van der Waals surface area contributed by atoms with Gasteiger partial charge in [0.05, 0.1) is 12.8 Å². The van der Waals surface area contributed by atoms with Gasteiger partial charge in [0.2, 0.25) is 10.0 Å². The van der Waals surface area contributed by atoms with Crippen LogP contribution in [0.25, 0.3) is 0 Å². The van der Waals surface area contributed by atoms with Crippen LogP contribution in [0.15, 0.2) is 4.99 Å². The van der Waals surface area contributed by atoms with Crippen molar-refractivity contribution in [3.63, 3.8) is 0 Å². The molecule has 0 aliphatic heterocycles. The number of hydrogen-bond acceptors (Lipinski definition) is 3. The lowest BCUT2D eigenvalue weighted by molar-refractivity contribution is 0.464. The van der Waals surface area contributed by atoms with Crippen molar-refractivity contribution in [2.24, 2.45) is 4.99 Å². The average Bonchev–Trinajstić information content (AvgIpc) is 2.32. The third-order valence-corrected chi connectivity index (χ3v) is 3.68. The van der Waals surface area contributed by atoms with Gasteiger partial charge < -0.3 is 10.6 Å². The quantitative estimate of drug-likeness (QED) is 0.207. The SMILES string of the molecule is CCCCCCNC(=NCC(C)(C)NS(C)(=O)=O)NCC.I. The zero-order valence-electron chi connectivity index (χ0n) is 14.5.